The molecule has 0 saturated heterocycles. The lowest BCUT2D eigenvalue weighted by Gasteiger charge is -2.61. The highest BCUT2D eigenvalue weighted by Gasteiger charge is 2.60. The molecule has 292 valence electrons. The molecule has 0 heterocycles. The Hall–Kier alpha value is -2.44. The highest BCUT2D eigenvalue weighted by Crippen LogP contribution is 2.69. The van der Waals surface area contributed by atoms with Crippen LogP contribution in [0.15, 0.2) is 24.3 Å². The topological polar surface area (TPSA) is 115 Å². The molecule has 6 nitrogen and oxygen atoms in total. The molecule has 0 amide bonds. The number of rotatable bonds is 13. The third kappa shape index (κ3) is 7.84. The summed E-state index contributed by atoms with van der Waals surface area (Å²) in [5, 5.41) is 40.1. The molecule has 0 aromatic heterocycles. The molecule has 4 aliphatic rings. The highest BCUT2D eigenvalue weighted by molar-refractivity contribution is 6.33. The molecule has 4 saturated carbocycles. The summed E-state index contributed by atoms with van der Waals surface area (Å²) in [5.41, 5.74) is 1.42. The van der Waals surface area contributed by atoms with E-state index in [0.29, 0.717) is 34.3 Å². The predicted molar refractivity (Wildman–Crippen MR) is 212 cm³/mol. The number of phenols is 2. The minimum absolute atomic E-state index is 0.0808. The second-order valence-corrected chi connectivity index (χ2v) is 19.5. The van der Waals surface area contributed by atoms with Crippen LogP contribution in [0.4, 0.5) is 0 Å². The number of halogens is 2. The molecule has 9 atom stereocenters. The van der Waals surface area contributed by atoms with Crippen LogP contribution >= 0.6 is 23.2 Å². The average molecular weight is 770 g/mol. The standard InChI is InChI=1S/C45H62Cl2O6/c1-25(2)8-6-9-26(3)35-14-15-36-32-13-12-30-20-27(16-18-44(30,4)37(32)17-19-45(35,36)5)10-7-11-31(28-21-33(42(50)51)40(48)38(46)23-28)29-22-34(43(52)53)41(49)39(47)24-29/h21-27,30-32,35-37,48-49H,6-20H2,1-5H3,(H,50,51)(H,52,53)/t26-,27+,30+,32+,35-,36+,37+,44+,45-/m1/s1. The fourth-order valence-corrected chi connectivity index (χ4v) is 13.2. The van der Waals surface area contributed by atoms with Gasteiger partial charge in [0.1, 0.15) is 22.6 Å². The minimum atomic E-state index is -1.30. The van der Waals surface area contributed by atoms with Gasteiger partial charge in [-0.25, -0.2) is 9.59 Å². The van der Waals surface area contributed by atoms with Gasteiger partial charge in [-0.15, -0.1) is 0 Å². The van der Waals surface area contributed by atoms with E-state index >= 15 is 0 Å². The summed E-state index contributed by atoms with van der Waals surface area (Å²) < 4.78 is 0. The maximum atomic E-state index is 12.0. The van der Waals surface area contributed by atoms with Crippen LogP contribution in [0.1, 0.15) is 169 Å². The van der Waals surface area contributed by atoms with E-state index in [0.717, 1.165) is 54.3 Å². The first kappa shape index (κ1) is 40.2. The Kier molecular flexibility index (Phi) is 12.1. The zero-order valence-electron chi connectivity index (χ0n) is 32.5. The molecule has 0 radical (unpaired) electrons. The van der Waals surface area contributed by atoms with Gasteiger partial charge in [0.05, 0.1) is 10.0 Å². The lowest BCUT2D eigenvalue weighted by molar-refractivity contribution is -0.121. The summed E-state index contributed by atoms with van der Waals surface area (Å²) in [6.07, 6.45) is 18.8. The van der Waals surface area contributed by atoms with Crippen LogP contribution in [-0.4, -0.2) is 32.4 Å². The van der Waals surface area contributed by atoms with Crippen LogP contribution in [0.2, 0.25) is 10.0 Å². The van der Waals surface area contributed by atoms with Crippen molar-refractivity contribution in [2.24, 2.45) is 58.2 Å². The summed E-state index contributed by atoms with van der Waals surface area (Å²) in [6, 6.07) is 5.92. The van der Waals surface area contributed by atoms with Gasteiger partial charge in [0.25, 0.3) is 0 Å². The molecule has 2 aromatic rings. The van der Waals surface area contributed by atoms with E-state index in [2.05, 4.69) is 34.6 Å². The Morgan fingerprint density at radius 1 is 0.736 bits per heavy atom. The number of benzene rings is 2. The Morgan fingerprint density at radius 2 is 1.32 bits per heavy atom. The Labute approximate surface area is 327 Å². The lowest BCUT2D eigenvalue weighted by atomic mass is 9.44. The second kappa shape index (κ2) is 16.0. The van der Waals surface area contributed by atoms with Crippen LogP contribution in [0.25, 0.3) is 0 Å². The Balaban J connectivity index is 1.13. The van der Waals surface area contributed by atoms with Crippen LogP contribution < -0.4 is 0 Å². The first-order valence-electron chi connectivity index (χ1n) is 20.6. The number of carbonyl (C=O) groups is 2. The number of aromatic carboxylic acids is 2. The smallest absolute Gasteiger partial charge is 0.339 e. The summed E-state index contributed by atoms with van der Waals surface area (Å²) in [5.74, 6) is 2.42. The number of hydrogen-bond donors (Lipinski definition) is 4. The van der Waals surface area contributed by atoms with Gasteiger partial charge in [-0.3, -0.25) is 0 Å². The van der Waals surface area contributed by atoms with E-state index in [-0.39, 0.29) is 21.2 Å². The van der Waals surface area contributed by atoms with Gasteiger partial charge >= 0.3 is 11.9 Å². The van der Waals surface area contributed by atoms with Crippen LogP contribution in [0.5, 0.6) is 11.5 Å². The van der Waals surface area contributed by atoms with E-state index in [9.17, 15) is 30.0 Å². The van der Waals surface area contributed by atoms with E-state index in [1.165, 1.54) is 89.2 Å². The van der Waals surface area contributed by atoms with Crippen molar-refractivity contribution in [2.75, 3.05) is 0 Å². The number of carboxylic acid groups (broad SMARTS) is 2. The van der Waals surface area contributed by atoms with Gasteiger partial charge in [0.2, 0.25) is 0 Å². The minimum Gasteiger partial charge on any atom is -0.505 e. The third-order valence-corrected chi connectivity index (χ3v) is 16.1. The molecule has 4 aliphatic carbocycles. The van der Waals surface area contributed by atoms with Gasteiger partial charge < -0.3 is 20.4 Å². The molecule has 0 spiro atoms. The SMILES string of the molecule is CC(C)CCC[C@@H](C)[C@H]1CC[C@H]2[C@@H]3CC[C@H]4C[C@@H](CCCC(c5cc(Cl)c(O)c(C(=O)O)c5)c5cc(Cl)c(O)c(C(=O)O)c5)CC[C@]4(C)[C@H]3CC[C@]12C. The largest absolute Gasteiger partial charge is 0.505 e. The fraction of sp³-hybridized carbons (Fsp3) is 0.689. The number of carboxylic acids is 2. The molecule has 0 bridgehead atoms. The maximum Gasteiger partial charge on any atom is 0.339 e. The van der Waals surface area contributed by atoms with Gasteiger partial charge in [0, 0.05) is 5.92 Å². The highest BCUT2D eigenvalue weighted by atomic mass is 35.5. The van der Waals surface area contributed by atoms with Crippen molar-refractivity contribution >= 4 is 35.1 Å². The summed E-state index contributed by atoms with van der Waals surface area (Å²) >= 11 is 12.7. The molecular formula is C45H62Cl2O6. The van der Waals surface area contributed by atoms with E-state index < -0.39 is 29.4 Å². The van der Waals surface area contributed by atoms with Crippen LogP contribution in [0, 0.1) is 58.2 Å². The fourth-order valence-electron chi connectivity index (χ4n) is 12.7. The second-order valence-electron chi connectivity index (χ2n) is 18.7. The molecule has 4 fully saturated rings. The first-order valence-corrected chi connectivity index (χ1v) is 21.3. The number of fused-ring (bicyclic) bond motifs is 5. The van der Waals surface area contributed by atoms with Gasteiger partial charge in [-0.2, -0.15) is 0 Å². The lowest BCUT2D eigenvalue weighted by Crippen LogP contribution is -2.53. The van der Waals surface area contributed by atoms with Crippen molar-refractivity contribution in [2.45, 2.75) is 137 Å². The molecule has 53 heavy (non-hydrogen) atoms. The molecule has 8 heteroatoms. The predicted octanol–water partition coefficient (Wildman–Crippen LogP) is 12.8. The first-order chi connectivity index (χ1) is 25.0. The van der Waals surface area contributed by atoms with Crippen LogP contribution in [0.3, 0.4) is 0 Å². The molecule has 2 aromatic carbocycles. The van der Waals surface area contributed by atoms with Gasteiger partial charge in [0.15, 0.2) is 0 Å². The summed E-state index contributed by atoms with van der Waals surface area (Å²) in [6.45, 7) is 12.6. The zero-order chi connectivity index (χ0) is 38.4. The van der Waals surface area contributed by atoms with E-state index in [4.69, 9.17) is 23.2 Å². The quantitative estimate of drug-likeness (QED) is 0.161. The van der Waals surface area contributed by atoms with Crippen molar-refractivity contribution in [3.05, 3.63) is 56.6 Å². The van der Waals surface area contributed by atoms with Gasteiger partial charge in [-0.1, -0.05) is 89.9 Å². The Bertz CT molecular complexity index is 1600. The van der Waals surface area contributed by atoms with Crippen molar-refractivity contribution in [1.82, 2.24) is 0 Å². The van der Waals surface area contributed by atoms with Crippen molar-refractivity contribution in [1.29, 1.82) is 0 Å². The normalized spacial score (nSPS) is 31.6. The summed E-state index contributed by atoms with van der Waals surface area (Å²) in [4.78, 5) is 24.0. The molecule has 6 rings (SSSR count). The third-order valence-electron chi connectivity index (χ3n) is 15.5. The molecule has 4 N–H and O–H groups in total. The van der Waals surface area contributed by atoms with E-state index in [1.807, 2.05) is 0 Å². The van der Waals surface area contributed by atoms with Crippen molar-refractivity contribution < 1.29 is 30.0 Å². The molecule has 0 unspecified atom stereocenters. The van der Waals surface area contributed by atoms with Crippen LogP contribution in [-0.2, 0) is 0 Å². The van der Waals surface area contributed by atoms with Gasteiger partial charge in [-0.05, 0) is 158 Å². The number of hydrogen-bond acceptors (Lipinski definition) is 4. The monoisotopic (exact) mass is 768 g/mol. The molecular weight excluding hydrogens is 707 g/mol. The van der Waals surface area contributed by atoms with Crippen molar-refractivity contribution in [3.8, 4) is 11.5 Å². The maximum absolute atomic E-state index is 12.0. The summed E-state index contributed by atoms with van der Waals surface area (Å²) in [7, 11) is 0. The molecule has 0 aliphatic heterocycles. The van der Waals surface area contributed by atoms with E-state index in [1.54, 1.807) is 12.1 Å². The Morgan fingerprint density at radius 3 is 1.91 bits per heavy atom. The number of aromatic hydroxyl groups is 2. The zero-order valence-corrected chi connectivity index (χ0v) is 34.0. The average Bonchev–Trinajstić information content (AvgIpc) is 3.46. The van der Waals surface area contributed by atoms with Crippen molar-refractivity contribution in [3.63, 3.8) is 0 Å².